The van der Waals surface area contributed by atoms with E-state index >= 15 is 0 Å². The number of nitrogens with zero attached hydrogens (tertiary/aromatic N) is 3. The van der Waals surface area contributed by atoms with Crippen LogP contribution < -0.4 is 0 Å². The molecule has 0 aliphatic heterocycles. The van der Waals surface area contributed by atoms with Crippen molar-refractivity contribution in [1.29, 1.82) is 0 Å². The number of aromatic nitrogens is 1. The van der Waals surface area contributed by atoms with Crippen LogP contribution in [-0.2, 0) is 4.43 Å². The monoisotopic (exact) mass is 499 g/mol. The summed E-state index contributed by atoms with van der Waals surface area (Å²) in [4.78, 5) is 15.2. The summed E-state index contributed by atoms with van der Waals surface area (Å²) in [5, 5.41) is 0. The van der Waals surface area contributed by atoms with Gasteiger partial charge in [0, 0.05) is 6.61 Å². The Morgan fingerprint density at radius 3 is 1.78 bits per heavy atom. The van der Waals surface area contributed by atoms with Crippen LogP contribution in [0.25, 0.3) is 0 Å². The van der Waals surface area contributed by atoms with Gasteiger partial charge in [-0.05, 0) is 108 Å². The predicted octanol–water partition coefficient (Wildman–Crippen LogP) is 8.60. The lowest BCUT2D eigenvalue weighted by molar-refractivity contribution is 0.302. The molecule has 0 saturated carbocycles. The highest BCUT2D eigenvalue weighted by atomic mass is 28.4. The zero-order valence-electron chi connectivity index (χ0n) is 23.3. The van der Waals surface area contributed by atoms with E-state index in [1.165, 1.54) is 22.3 Å². The summed E-state index contributed by atoms with van der Waals surface area (Å²) in [5.74, 6) is 0. The zero-order valence-corrected chi connectivity index (χ0v) is 24.3. The number of unbranched alkanes of at least 4 members (excludes halogenated alkanes) is 1. The molecule has 4 nitrogen and oxygen atoms in total. The normalized spacial score (nSPS) is 12.8. The molecule has 0 bridgehead atoms. The number of benzene rings is 2. The van der Waals surface area contributed by atoms with E-state index in [0.717, 1.165) is 60.1 Å². The highest BCUT2D eigenvalue weighted by Gasteiger charge is 2.14. The second-order valence-corrected chi connectivity index (χ2v) is 15.1. The Bertz CT molecular complexity index is 1210. The van der Waals surface area contributed by atoms with Gasteiger partial charge in [-0.25, -0.2) is 4.98 Å². The Kier molecular flexibility index (Phi) is 9.52. The topological polar surface area (TPSA) is 46.8 Å². The summed E-state index contributed by atoms with van der Waals surface area (Å²) >= 11 is 0. The average Bonchev–Trinajstić information content (AvgIpc) is 2.81. The summed E-state index contributed by atoms with van der Waals surface area (Å²) in [6, 6.07) is 18.8. The van der Waals surface area contributed by atoms with Crippen molar-refractivity contribution in [3.63, 3.8) is 0 Å². The van der Waals surface area contributed by atoms with E-state index in [9.17, 15) is 0 Å². The molecule has 3 rings (SSSR count). The fourth-order valence-corrected chi connectivity index (χ4v) is 4.89. The number of aryl methyl sites for hydroxylation is 4. The Morgan fingerprint density at radius 2 is 1.22 bits per heavy atom. The van der Waals surface area contributed by atoms with Gasteiger partial charge in [0.2, 0.25) is 0 Å². The average molecular weight is 500 g/mol. The molecule has 0 aliphatic carbocycles. The predicted molar refractivity (Wildman–Crippen MR) is 157 cm³/mol. The van der Waals surface area contributed by atoms with Gasteiger partial charge in [-0.15, -0.1) is 0 Å². The minimum Gasteiger partial charge on any atom is -0.418 e. The first-order valence-electron chi connectivity index (χ1n) is 12.9. The van der Waals surface area contributed by atoms with Crippen molar-refractivity contribution >= 4 is 31.1 Å². The summed E-state index contributed by atoms with van der Waals surface area (Å²) in [6.07, 6.45) is 2.88. The van der Waals surface area contributed by atoms with Gasteiger partial charge in [0.15, 0.2) is 8.32 Å². The molecule has 0 aliphatic rings. The maximum absolute atomic E-state index is 6.07. The molecular weight excluding hydrogens is 458 g/mol. The number of rotatable bonds is 10. The molecule has 3 aromatic rings. The summed E-state index contributed by atoms with van der Waals surface area (Å²) < 4.78 is 6.07. The first kappa shape index (κ1) is 27.7. The van der Waals surface area contributed by atoms with E-state index in [4.69, 9.17) is 19.4 Å². The summed E-state index contributed by atoms with van der Waals surface area (Å²) in [6.45, 7) is 18.0. The van der Waals surface area contributed by atoms with Crippen LogP contribution in [0.2, 0.25) is 19.6 Å². The third kappa shape index (κ3) is 7.80. The molecule has 0 radical (unpaired) electrons. The quantitative estimate of drug-likeness (QED) is 0.159. The highest BCUT2D eigenvalue weighted by Crippen LogP contribution is 2.26. The lowest BCUT2D eigenvalue weighted by Gasteiger charge is -2.17. The van der Waals surface area contributed by atoms with Crippen molar-refractivity contribution in [3.05, 3.63) is 88.2 Å². The third-order valence-electron chi connectivity index (χ3n) is 6.16. The van der Waals surface area contributed by atoms with Gasteiger partial charge < -0.3 is 4.43 Å². The Hall–Kier alpha value is -2.89. The molecule has 1 aromatic heterocycles. The first-order chi connectivity index (χ1) is 17.0. The van der Waals surface area contributed by atoms with Gasteiger partial charge in [-0.1, -0.05) is 42.5 Å². The van der Waals surface area contributed by atoms with Gasteiger partial charge in [-0.2, -0.15) is 0 Å². The summed E-state index contributed by atoms with van der Waals surface area (Å²) in [7, 11) is -1.49. The lowest BCUT2D eigenvalue weighted by atomic mass is 10.1. The molecule has 0 atom stereocenters. The van der Waals surface area contributed by atoms with Crippen LogP contribution in [0.1, 0.15) is 59.8 Å². The molecule has 5 heteroatoms. The molecule has 0 spiro atoms. The second kappa shape index (κ2) is 12.4. The lowest BCUT2D eigenvalue weighted by Crippen LogP contribution is -2.25. The molecule has 0 saturated heterocycles. The van der Waals surface area contributed by atoms with E-state index in [1.54, 1.807) is 0 Å². The number of hydrogen-bond acceptors (Lipinski definition) is 4. The van der Waals surface area contributed by atoms with E-state index in [0.29, 0.717) is 0 Å². The van der Waals surface area contributed by atoms with E-state index in [1.807, 2.05) is 13.0 Å². The Morgan fingerprint density at radius 1 is 0.722 bits per heavy atom. The fourth-order valence-electron chi connectivity index (χ4n) is 4.14. The minimum absolute atomic E-state index is 0.807. The van der Waals surface area contributed by atoms with Crippen molar-refractivity contribution in [2.24, 2.45) is 9.98 Å². The third-order valence-corrected chi connectivity index (χ3v) is 7.23. The van der Waals surface area contributed by atoms with Gasteiger partial charge in [0.25, 0.3) is 0 Å². The van der Waals surface area contributed by atoms with Crippen LogP contribution >= 0.6 is 0 Å². The number of para-hydroxylation sites is 2. The van der Waals surface area contributed by atoms with Crippen LogP contribution in [0.4, 0.5) is 11.4 Å². The van der Waals surface area contributed by atoms with Crippen LogP contribution in [-0.4, -0.2) is 31.3 Å². The van der Waals surface area contributed by atoms with Crippen molar-refractivity contribution in [3.8, 4) is 0 Å². The van der Waals surface area contributed by atoms with Crippen LogP contribution in [0.15, 0.2) is 64.6 Å². The van der Waals surface area contributed by atoms with Gasteiger partial charge in [0.05, 0.1) is 34.2 Å². The van der Waals surface area contributed by atoms with Crippen LogP contribution in [0, 0.1) is 27.7 Å². The maximum atomic E-state index is 6.07. The fraction of sp³-hybridized carbons (Fsp3) is 0.387. The molecule has 0 fully saturated rings. The Labute approximate surface area is 218 Å². The van der Waals surface area contributed by atoms with Crippen molar-refractivity contribution in [1.82, 2.24) is 4.98 Å². The van der Waals surface area contributed by atoms with Crippen molar-refractivity contribution in [2.45, 2.75) is 73.5 Å². The van der Waals surface area contributed by atoms with Gasteiger partial charge in [0.1, 0.15) is 0 Å². The second-order valence-electron chi connectivity index (χ2n) is 10.6. The van der Waals surface area contributed by atoms with E-state index < -0.39 is 8.32 Å². The van der Waals surface area contributed by atoms with E-state index in [-0.39, 0.29) is 0 Å². The van der Waals surface area contributed by atoms with Crippen molar-refractivity contribution < 1.29 is 4.43 Å². The number of hydrogen-bond donors (Lipinski definition) is 0. The largest absolute Gasteiger partial charge is 0.418 e. The molecule has 36 heavy (non-hydrogen) atoms. The highest BCUT2D eigenvalue weighted by molar-refractivity contribution is 6.69. The molecule has 0 N–H and O–H groups in total. The molecule has 190 valence electrons. The molecule has 0 unspecified atom stereocenters. The minimum atomic E-state index is -1.49. The first-order valence-corrected chi connectivity index (χ1v) is 16.3. The standard InChI is InChI=1S/C31H41N3OSi/c1-22-14-11-15-23(2)30(22)32-26(5)27-19-13-20-28(33-27)29(18-9-10-21-35-36(6,7)8)34-31-24(3)16-12-17-25(31)4/h11-17,19-20H,9-10,18,21H2,1-8H3. The molecule has 1 heterocycles. The van der Waals surface area contributed by atoms with Gasteiger partial charge >= 0.3 is 0 Å². The smallest absolute Gasteiger partial charge is 0.183 e. The van der Waals surface area contributed by atoms with Gasteiger partial charge in [-0.3, -0.25) is 9.98 Å². The number of aliphatic imine (C=N–C) groups is 2. The molecular formula is C31H41N3OSi. The maximum Gasteiger partial charge on any atom is 0.183 e. The number of pyridine rings is 1. The van der Waals surface area contributed by atoms with Crippen molar-refractivity contribution in [2.75, 3.05) is 6.61 Å². The molecule has 0 amide bonds. The zero-order chi connectivity index (χ0) is 26.3. The van der Waals surface area contributed by atoms with Crippen LogP contribution in [0.3, 0.4) is 0 Å². The molecule has 2 aromatic carbocycles. The SMILES string of the molecule is CC(=Nc1c(C)cccc1C)c1cccc(C(CCCCO[Si](C)(C)C)=Nc2c(C)cccc2C)n1. The van der Waals surface area contributed by atoms with E-state index in [2.05, 4.69) is 95.9 Å². The summed E-state index contributed by atoms with van der Waals surface area (Å²) in [5.41, 5.74) is 10.5. The Balaban J connectivity index is 1.93. The van der Waals surface area contributed by atoms with Crippen LogP contribution in [0.5, 0.6) is 0 Å².